The van der Waals surface area contributed by atoms with Crippen molar-refractivity contribution in [3.8, 4) is 0 Å². The highest BCUT2D eigenvalue weighted by Crippen LogP contribution is 1.92. The third-order valence-electron chi connectivity index (χ3n) is 1.65. The third-order valence-corrected chi connectivity index (χ3v) is 1.65. The van der Waals surface area contributed by atoms with E-state index in [9.17, 15) is 9.59 Å². The number of rotatable bonds is 6. The zero-order valence-electron chi connectivity index (χ0n) is 8.80. The van der Waals surface area contributed by atoms with E-state index in [1.165, 1.54) is 0 Å². The molecule has 5 heteroatoms. The van der Waals surface area contributed by atoms with Gasteiger partial charge in [-0.05, 0) is 20.3 Å². The van der Waals surface area contributed by atoms with Crippen molar-refractivity contribution in [3.63, 3.8) is 0 Å². The molecule has 0 rings (SSSR count). The van der Waals surface area contributed by atoms with Crippen molar-refractivity contribution in [1.82, 2.24) is 10.6 Å². The Kier molecular flexibility index (Phi) is 6.74. The zero-order chi connectivity index (χ0) is 11.0. The van der Waals surface area contributed by atoms with Crippen LogP contribution in [0.25, 0.3) is 0 Å². The van der Waals surface area contributed by atoms with E-state index < -0.39 is 0 Å². The van der Waals surface area contributed by atoms with Crippen LogP contribution >= 0.6 is 0 Å². The molecule has 2 amide bonds. The molecule has 1 unspecified atom stereocenters. The van der Waals surface area contributed by atoms with Gasteiger partial charge < -0.3 is 16.4 Å². The molecule has 0 aromatic heterocycles. The smallest absolute Gasteiger partial charge is 0.239 e. The van der Waals surface area contributed by atoms with Gasteiger partial charge in [0, 0.05) is 19.0 Å². The second-order valence-electron chi connectivity index (χ2n) is 3.25. The maximum Gasteiger partial charge on any atom is 0.239 e. The summed E-state index contributed by atoms with van der Waals surface area (Å²) < 4.78 is 0. The lowest BCUT2D eigenvalue weighted by molar-refractivity contribution is -0.126. The van der Waals surface area contributed by atoms with Crippen LogP contribution in [-0.4, -0.2) is 30.9 Å². The quantitative estimate of drug-likeness (QED) is 0.535. The van der Waals surface area contributed by atoms with Crippen molar-refractivity contribution in [2.45, 2.75) is 32.7 Å². The van der Waals surface area contributed by atoms with Gasteiger partial charge in [0.2, 0.25) is 11.8 Å². The minimum atomic E-state index is -0.165. The van der Waals surface area contributed by atoms with Gasteiger partial charge in [0.25, 0.3) is 0 Å². The second-order valence-corrected chi connectivity index (χ2v) is 3.25. The van der Waals surface area contributed by atoms with Crippen molar-refractivity contribution in [2.75, 3.05) is 13.1 Å². The first kappa shape index (κ1) is 12.9. The van der Waals surface area contributed by atoms with Gasteiger partial charge in [0.15, 0.2) is 0 Å². The van der Waals surface area contributed by atoms with E-state index in [2.05, 4.69) is 10.6 Å². The fraction of sp³-hybridized carbons (Fsp3) is 0.778. The van der Waals surface area contributed by atoms with Gasteiger partial charge in [-0.1, -0.05) is 0 Å². The largest absolute Gasteiger partial charge is 0.355 e. The van der Waals surface area contributed by atoms with Crippen LogP contribution in [0.15, 0.2) is 0 Å². The highest BCUT2D eigenvalue weighted by atomic mass is 16.2. The van der Waals surface area contributed by atoms with Gasteiger partial charge in [-0.3, -0.25) is 9.59 Å². The lowest BCUT2D eigenvalue weighted by Gasteiger charge is -2.06. The summed E-state index contributed by atoms with van der Waals surface area (Å²) >= 11 is 0. The van der Waals surface area contributed by atoms with Crippen LogP contribution in [0.2, 0.25) is 0 Å². The molecule has 5 nitrogen and oxygen atoms in total. The summed E-state index contributed by atoms with van der Waals surface area (Å²) in [7, 11) is 0. The first-order valence-corrected chi connectivity index (χ1v) is 4.85. The van der Waals surface area contributed by atoms with E-state index in [4.69, 9.17) is 5.73 Å². The van der Waals surface area contributed by atoms with Gasteiger partial charge >= 0.3 is 0 Å². The average Bonchev–Trinajstić information content (AvgIpc) is 2.12. The van der Waals surface area contributed by atoms with Crippen LogP contribution < -0.4 is 16.4 Å². The van der Waals surface area contributed by atoms with Gasteiger partial charge in [-0.25, -0.2) is 0 Å². The van der Waals surface area contributed by atoms with Crippen LogP contribution in [-0.2, 0) is 9.59 Å². The minimum absolute atomic E-state index is 0.0187. The molecule has 14 heavy (non-hydrogen) atoms. The molecule has 1 atom stereocenters. The standard InChI is InChI=1S/C9H19N3O2/c1-3-11-9(14)6-12-8(13)5-4-7(2)10/h7H,3-6,10H2,1-2H3,(H,11,14)(H,12,13). The van der Waals surface area contributed by atoms with Crippen molar-refractivity contribution >= 4 is 11.8 Å². The summed E-state index contributed by atoms with van der Waals surface area (Å²) in [4.78, 5) is 22.0. The summed E-state index contributed by atoms with van der Waals surface area (Å²) in [6, 6.07) is 0.0187. The van der Waals surface area contributed by atoms with E-state index in [1.807, 2.05) is 13.8 Å². The molecule has 0 aliphatic heterocycles. The number of nitrogens with two attached hydrogens (primary N) is 1. The fourth-order valence-electron chi connectivity index (χ4n) is 0.886. The molecular formula is C9H19N3O2. The van der Waals surface area contributed by atoms with Crippen molar-refractivity contribution in [3.05, 3.63) is 0 Å². The normalized spacial score (nSPS) is 11.9. The summed E-state index contributed by atoms with van der Waals surface area (Å²) in [6.07, 6.45) is 1.01. The van der Waals surface area contributed by atoms with Crippen LogP contribution in [0.3, 0.4) is 0 Å². The lowest BCUT2D eigenvalue weighted by atomic mass is 10.2. The maximum atomic E-state index is 11.1. The van der Waals surface area contributed by atoms with Crippen molar-refractivity contribution in [2.24, 2.45) is 5.73 Å². The van der Waals surface area contributed by atoms with Crippen LogP contribution in [0.4, 0.5) is 0 Å². The minimum Gasteiger partial charge on any atom is -0.355 e. The predicted molar refractivity (Wildman–Crippen MR) is 54.6 cm³/mol. The molecule has 0 fully saturated rings. The van der Waals surface area contributed by atoms with Crippen molar-refractivity contribution in [1.29, 1.82) is 0 Å². The number of hydrogen-bond acceptors (Lipinski definition) is 3. The molecule has 0 saturated carbocycles. The monoisotopic (exact) mass is 201 g/mol. The molecule has 0 aromatic rings. The van der Waals surface area contributed by atoms with Crippen LogP contribution in [0.5, 0.6) is 0 Å². The van der Waals surface area contributed by atoms with E-state index in [0.29, 0.717) is 19.4 Å². The number of carbonyl (C=O) groups is 2. The molecule has 0 radical (unpaired) electrons. The summed E-state index contributed by atoms with van der Waals surface area (Å²) in [6.45, 7) is 4.30. The Hall–Kier alpha value is -1.10. The van der Waals surface area contributed by atoms with Gasteiger partial charge in [-0.2, -0.15) is 0 Å². The van der Waals surface area contributed by atoms with E-state index in [1.54, 1.807) is 0 Å². The van der Waals surface area contributed by atoms with Crippen LogP contribution in [0.1, 0.15) is 26.7 Å². The maximum absolute atomic E-state index is 11.1. The second kappa shape index (κ2) is 7.32. The summed E-state index contributed by atoms with van der Waals surface area (Å²) in [5.74, 6) is -0.296. The Labute approximate surface area is 84.4 Å². The van der Waals surface area contributed by atoms with Gasteiger partial charge in [0.1, 0.15) is 0 Å². The van der Waals surface area contributed by atoms with Crippen LogP contribution in [0, 0.1) is 0 Å². The van der Waals surface area contributed by atoms with Gasteiger partial charge in [0.05, 0.1) is 6.54 Å². The molecular weight excluding hydrogens is 182 g/mol. The van der Waals surface area contributed by atoms with Gasteiger partial charge in [-0.15, -0.1) is 0 Å². The Balaban J connectivity index is 3.48. The predicted octanol–water partition coefficient (Wildman–Crippen LogP) is -0.634. The Morgan fingerprint density at radius 1 is 1.29 bits per heavy atom. The summed E-state index contributed by atoms with van der Waals surface area (Å²) in [5.41, 5.74) is 5.49. The molecule has 0 spiro atoms. The number of hydrogen-bond donors (Lipinski definition) is 3. The molecule has 0 aliphatic rings. The lowest BCUT2D eigenvalue weighted by Crippen LogP contribution is -2.37. The zero-order valence-corrected chi connectivity index (χ0v) is 8.80. The molecule has 0 heterocycles. The Morgan fingerprint density at radius 2 is 1.93 bits per heavy atom. The number of nitrogens with one attached hydrogen (secondary N) is 2. The van der Waals surface area contributed by atoms with Crippen molar-refractivity contribution < 1.29 is 9.59 Å². The molecule has 4 N–H and O–H groups in total. The third kappa shape index (κ3) is 7.54. The SMILES string of the molecule is CCNC(=O)CNC(=O)CCC(C)N. The number of amides is 2. The highest BCUT2D eigenvalue weighted by Gasteiger charge is 2.05. The average molecular weight is 201 g/mol. The topological polar surface area (TPSA) is 84.2 Å². The number of likely N-dealkylation sites (N-methyl/N-ethyl adjacent to an activating group) is 1. The summed E-state index contributed by atoms with van der Waals surface area (Å²) in [5, 5.41) is 5.10. The molecule has 82 valence electrons. The van der Waals surface area contributed by atoms with E-state index >= 15 is 0 Å². The molecule has 0 bridgehead atoms. The highest BCUT2D eigenvalue weighted by molar-refractivity contribution is 5.84. The molecule has 0 aromatic carbocycles. The first-order chi connectivity index (χ1) is 6.56. The molecule has 0 saturated heterocycles. The Bertz CT molecular complexity index is 192. The number of carbonyl (C=O) groups excluding carboxylic acids is 2. The Morgan fingerprint density at radius 3 is 2.43 bits per heavy atom. The first-order valence-electron chi connectivity index (χ1n) is 4.85. The fourth-order valence-corrected chi connectivity index (χ4v) is 0.886. The van der Waals surface area contributed by atoms with E-state index in [-0.39, 0.29) is 24.4 Å². The van der Waals surface area contributed by atoms with E-state index in [0.717, 1.165) is 0 Å². The molecule has 0 aliphatic carbocycles.